The molecule has 3 N–H and O–H groups in total. The molecule has 2 aliphatic carbocycles. The fraction of sp³-hybridized carbons (Fsp3) is 0.448. The van der Waals surface area contributed by atoms with E-state index in [0.29, 0.717) is 12.0 Å². The lowest BCUT2D eigenvalue weighted by Gasteiger charge is -2.30. The smallest absolute Gasteiger partial charge is 0.169 e. The van der Waals surface area contributed by atoms with Crippen LogP contribution in [0.1, 0.15) is 66.9 Å². The molecule has 0 spiro atoms. The van der Waals surface area contributed by atoms with Gasteiger partial charge >= 0.3 is 0 Å². The van der Waals surface area contributed by atoms with Gasteiger partial charge in [-0.3, -0.25) is 9.78 Å². The molecular formula is C29H34ClN3O. The molecule has 5 rings (SSSR count). The molecule has 5 heteroatoms. The van der Waals surface area contributed by atoms with Crippen LogP contribution < -0.4 is 11.1 Å². The molecular weight excluding hydrogens is 442 g/mol. The van der Waals surface area contributed by atoms with Gasteiger partial charge in [0.15, 0.2) is 5.78 Å². The number of Topliss-reactive ketones (excluding diaryl/α,β-unsaturated/α-hetero) is 1. The number of anilines is 1. The largest absolute Gasteiger partial charge is 0.381 e. The number of fused-ring (bicyclic) bond motifs is 1. The molecule has 178 valence electrons. The van der Waals surface area contributed by atoms with Crippen molar-refractivity contribution in [1.82, 2.24) is 4.98 Å². The summed E-state index contributed by atoms with van der Waals surface area (Å²) in [5, 5.41) is 5.60. The summed E-state index contributed by atoms with van der Waals surface area (Å²) >= 11 is 6.58. The highest BCUT2D eigenvalue weighted by atomic mass is 35.5. The molecule has 2 aromatic carbocycles. The van der Waals surface area contributed by atoms with Crippen LogP contribution >= 0.6 is 11.6 Å². The highest BCUT2D eigenvalue weighted by molar-refractivity contribution is 6.31. The minimum atomic E-state index is 0.152. The van der Waals surface area contributed by atoms with Crippen molar-refractivity contribution >= 4 is 34.0 Å². The number of carbonyl (C=O) groups excluding carboxylic acids is 1. The minimum absolute atomic E-state index is 0.152. The van der Waals surface area contributed by atoms with Crippen molar-refractivity contribution in [3.63, 3.8) is 0 Å². The van der Waals surface area contributed by atoms with Gasteiger partial charge in [-0.2, -0.15) is 0 Å². The molecule has 4 nitrogen and oxygen atoms in total. The van der Waals surface area contributed by atoms with E-state index in [1.807, 2.05) is 6.07 Å². The Morgan fingerprint density at radius 3 is 2.53 bits per heavy atom. The van der Waals surface area contributed by atoms with Gasteiger partial charge in [-0.15, -0.1) is 0 Å². The zero-order valence-corrected chi connectivity index (χ0v) is 20.9. The number of hydrogen-bond acceptors (Lipinski definition) is 4. The van der Waals surface area contributed by atoms with Gasteiger partial charge in [0.25, 0.3) is 0 Å². The van der Waals surface area contributed by atoms with E-state index >= 15 is 0 Å². The number of benzene rings is 2. The maximum atomic E-state index is 13.2. The van der Waals surface area contributed by atoms with Crippen molar-refractivity contribution in [3.8, 4) is 11.1 Å². The van der Waals surface area contributed by atoms with Gasteiger partial charge in [0, 0.05) is 28.6 Å². The van der Waals surface area contributed by atoms with Crippen molar-refractivity contribution in [2.45, 2.75) is 64.8 Å². The monoisotopic (exact) mass is 475 g/mol. The lowest BCUT2D eigenvalue weighted by molar-refractivity contribution is 0.0968. The second-order valence-electron chi connectivity index (χ2n) is 10.1. The summed E-state index contributed by atoms with van der Waals surface area (Å²) in [4.78, 5) is 17.9. The second kappa shape index (κ2) is 9.67. The van der Waals surface area contributed by atoms with Crippen LogP contribution in [-0.2, 0) is 6.42 Å². The first-order chi connectivity index (χ1) is 16.5. The zero-order valence-electron chi connectivity index (χ0n) is 20.2. The second-order valence-corrected chi connectivity index (χ2v) is 10.5. The number of nitrogens with two attached hydrogens (primary N) is 1. The summed E-state index contributed by atoms with van der Waals surface area (Å²) in [6.45, 7) is 4.99. The lowest BCUT2D eigenvalue weighted by Crippen LogP contribution is -2.29. The first-order valence-electron chi connectivity index (χ1n) is 12.7. The Labute approximate surface area is 207 Å². The summed E-state index contributed by atoms with van der Waals surface area (Å²) in [5.74, 6) is 0.994. The molecule has 34 heavy (non-hydrogen) atoms. The van der Waals surface area contributed by atoms with E-state index in [4.69, 9.17) is 17.3 Å². The quantitative estimate of drug-likeness (QED) is 0.363. The summed E-state index contributed by atoms with van der Waals surface area (Å²) in [6, 6.07) is 11.0. The molecule has 3 aromatic rings. The molecule has 2 aliphatic rings. The number of halogens is 1. The molecule has 1 aromatic heterocycles. The Morgan fingerprint density at radius 2 is 1.85 bits per heavy atom. The lowest BCUT2D eigenvalue weighted by atomic mass is 9.85. The Bertz CT molecular complexity index is 1230. The molecule has 0 bridgehead atoms. The number of pyridine rings is 1. The van der Waals surface area contributed by atoms with Crippen LogP contribution in [0.4, 0.5) is 5.69 Å². The molecule has 0 aliphatic heterocycles. The summed E-state index contributed by atoms with van der Waals surface area (Å²) < 4.78 is 0. The van der Waals surface area contributed by atoms with E-state index in [1.165, 1.54) is 5.56 Å². The number of carbonyl (C=O) groups is 1. The molecule has 1 heterocycles. The van der Waals surface area contributed by atoms with Crippen LogP contribution in [0, 0.1) is 18.8 Å². The third-order valence-electron chi connectivity index (χ3n) is 7.78. The predicted octanol–water partition coefficient (Wildman–Crippen LogP) is 6.95. The van der Waals surface area contributed by atoms with Crippen LogP contribution in [0.25, 0.3) is 22.0 Å². The van der Waals surface area contributed by atoms with Gasteiger partial charge in [-0.25, -0.2) is 0 Å². The van der Waals surface area contributed by atoms with E-state index in [-0.39, 0.29) is 11.7 Å². The van der Waals surface area contributed by atoms with E-state index in [2.05, 4.69) is 48.4 Å². The minimum Gasteiger partial charge on any atom is -0.381 e. The van der Waals surface area contributed by atoms with Gasteiger partial charge < -0.3 is 11.1 Å². The van der Waals surface area contributed by atoms with Crippen molar-refractivity contribution in [3.05, 3.63) is 58.2 Å². The summed E-state index contributed by atoms with van der Waals surface area (Å²) in [5.41, 5.74) is 13.1. The maximum absolute atomic E-state index is 13.2. The Morgan fingerprint density at radius 1 is 1.09 bits per heavy atom. The molecule has 2 saturated carbocycles. The van der Waals surface area contributed by atoms with Gasteiger partial charge in [0.2, 0.25) is 0 Å². The van der Waals surface area contributed by atoms with Gasteiger partial charge in [-0.05, 0) is 105 Å². The third kappa shape index (κ3) is 4.58. The zero-order chi connectivity index (χ0) is 23.8. The number of nitrogens with zero attached hydrogens (tertiary/aromatic N) is 1. The summed E-state index contributed by atoms with van der Waals surface area (Å²) in [6.07, 6.45) is 9.12. The average molecular weight is 476 g/mol. The first kappa shape index (κ1) is 23.3. The van der Waals surface area contributed by atoms with Gasteiger partial charge in [0.05, 0.1) is 16.8 Å². The van der Waals surface area contributed by atoms with Crippen LogP contribution in [0.15, 0.2) is 36.5 Å². The van der Waals surface area contributed by atoms with Gasteiger partial charge in [0.1, 0.15) is 0 Å². The van der Waals surface area contributed by atoms with E-state index < -0.39 is 0 Å². The average Bonchev–Trinajstić information content (AvgIpc) is 3.71. The molecule has 0 atom stereocenters. The van der Waals surface area contributed by atoms with Crippen LogP contribution in [0.5, 0.6) is 0 Å². The molecule has 2 fully saturated rings. The van der Waals surface area contributed by atoms with Gasteiger partial charge in [-0.1, -0.05) is 30.7 Å². The van der Waals surface area contributed by atoms with E-state index in [1.54, 1.807) is 6.20 Å². The molecule has 0 radical (unpaired) electrons. The number of aromatic nitrogens is 1. The van der Waals surface area contributed by atoms with E-state index in [9.17, 15) is 4.79 Å². The Kier molecular flexibility index (Phi) is 6.63. The molecule has 0 unspecified atom stereocenters. The number of ketones is 1. The van der Waals surface area contributed by atoms with Crippen molar-refractivity contribution in [2.75, 3.05) is 11.9 Å². The van der Waals surface area contributed by atoms with Crippen molar-refractivity contribution in [1.29, 1.82) is 0 Å². The predicted molar refractivity (Wildman–Crippen MR) is 142 cm³/mol. The third-order valence-corrected chi connectivity index (χ3v) is 8.17. The highest BCUT2D eigenvalue weighted by Crippen LogP contribution is 2.39. The number of nitrogens with one attached hydrogen (secondary N) is 1. The summed E-state index contributed by atoms with van der Waals surface area (Å²) in [7, 11) is 0. The fourth-order valence-corrected chi connectivity index (χ4v) is 5.54. The van der Waals surface area contributed by atoms with Crippen LogP contribution in [-0.4, -0.2) is 23.4 Å². The molecule has 0 amide bonds. The van der Waals surface area contributed by atoms with Crippen molar-refractivity contribution < 1.29 is 4.79 Å². The standard InChI is InChI=1S/C29H34ClN3O/c1-3-19-12-22(14-26(30)17(19)2)21-8-11-27-24(13-21)28(25(16-32-27)29(34)20-6-7-20)33-23-9-4-18(15-31)5-10-23/h8,11-14,16,18,20,23H,3-7,9-10,15,31H2,1-2H3,(H,32,33)/t18-,23-. The number of rotatable bonds is 7. The Hall–Kier alpha value is -2.43. The Balaban J connectivity index is 1.59. The van der Waals surface area contributed by atoms with Crippen LogP contribution in [0.3, 0.4) is 0 Å². The molecule has 0 saturated heterocycles. The highest BCUT2D eigenvalue weighted by Gasteiger charge is 2.33. The topological polar surface area (TPSA) is 68.0 Å². The van der Waals surface area contributed by atoms with E-state index in [0.717, 1.165) is 95.4 Å². The first-order valence-corrected chi connectivity index (χ1v) is 13.1. The maximum Gasteiger partial charge on any atom is 0.169 e. The number of aryl methyl sites for hydroxylation is 1. The SMILES string of the molecule is CCc1cc(-c2ccc3ncc(C(=O)C4CC4)c(N[C@H]4CC[C@H](CN)CC4)c3c2)cc(Cl)c1C. The normalized spacial score (nSPS) is 20.5. The number of hydrogen-bond donors (Lipinski definition) is 2. The fourth-order valence-electron chi connectivity index (χ4n) is 5.30. The van der Waals surface area contributed by atoms with Crippen molar-refractivity contribution in [2.24, 2.45) is 17.6 Å². The van der Waals surface area contributed by atoms with Crippen LogP contribution in [0.2, 0.25) is 5.02 Å².